The molecule has 2 rings (SSSR count). The number of carboxylic acids is 1. The van der Waals surface area contributed by atoms with Crippen LogP contribution in [0.4, 0.5) is 0 Å². The molecule has 6 nitrogen and oxygen atoms in total. The van der Waals surface area contributed by atoms with Gasteiger partial charge in [-0.3, -0.25) is 9.36 Å². The van der Waals surface area contributed by atoms with E-state index in [0.717, 1.165) is 16.7 Å². The summed E-state index contributed by atoms with van der Waals surface area (Å²) in [5, 5.41) is 22.1. The largest absolute Gasteiger partial charge is 0.481 e. The van der Waals surface area contributed by atoms with E-state index >= 15 is 0 Å². The normalized spacial score (nSPS) is 15.7. The van der Waals surface area contributed by atoms with Gasteiger partial charge in [0.25, 0.3) is 0 Å². The van der Waals surface area contributed by atoms with E-state index in [2.05, 4.69) is 5.32 Å². The predicted molar refractivity (Wildman–Crippen MR) is 105 cm³/mol. The second kappa shape index (κ2) is 9.81. The molecule has 4 N–H and O–H groups in total. The van der Waals surface area contributed by atoms with Crippen LogP contribution in [0.15, 0.2) is 54.6 Å². The highest BCUT2D eigenvalue weighted by Gasteiger charge is 2.23. The minimum atomic E-state index is -3.47. The molecule has 0 bridgehead atoms. The number of carboxylic acid groups (broad SMARTS) is 1. The number of benzene rings is 2. The Kier molecular flexibility index (Phi) is 7.75. The predicted octanol–water partition coefficient (Wildman–Crippen LogP) is 2.80. The van der Waals surface area contributed by atoms with E-state index in [9.17, 15) is 19.4 Å². The average molecular weight is 391 g/mol. The van der Waals surface area contributed by atoms with Crippen molar-refractivity contribution in [2.24, 2.45) is 0 Å². The molecule has 2 aromatic carbocycles. The first kappa shape index (κ1) is 21.3. The van der Waals surface area contributed by atoms with E-state index in [1.54, 1.807) is 24.3 Å². The summed E-state index contributed by atoms with van der Waals surface area (Å²) in [4.78, 5) is 20.9. The van der Waals surface area contributed by atoms with Gasteiger partial charge in [-0.1, -0.05) is 54.6 Å². The molecule has 2 aromatic rings. The van der Waals surface area contributed by atoms with Crippen LogP contribution >= 0.6 is 7.37 Å². The van der Waals surface area contributed by atoms with Gasteiger partial charge in [0.15, 0.2) is 0 Å². The second-order valence-electron chi connectivity index (χ2n) is 6.77. The van der Waals surface area contributed by atoms with Crippen LogP contribution in [0.25, 0.3) is 0 Å². The lowest BCUT2D eigenvalue weighted by Crippen LogP contribution is -2.31. The molecule has 0 heterocycles. The standard InChI is InChI=1S/C20H26NO5P/c1-15(18-9-7-16(8-10-18)11-20(23)24)21-12-19(22)14-27(25,26)13-17-5-3-2-4-6-17/h2-10,15,19,21-22H,11-14H2,1H3,(H,23,24)(H,25,26)/t15?,19-/m0/s1. The molecular weight excluding hydrogens is 365 g/mol. The summed E-state index contributed by atoms with van der Waals surface area (Å²) in [5.41, 5.74) is 2.45. The van der Waals surface area contributed by atoms with Crippen molar-refractivity contribution in [3.05, 3.63) is 71.3 Å². The first-order valence-electron chi connectivity index (χ1n) is 8.82. The third-order valence-electron chi connectivity index (χ3n) is 4.26. The fraction of sp³-hybridized carbons (Fsp3) is 0.350. The van der Waals surface area contributed by atoms with Gasteiger partial charge in [-0.2, -0.15) is 0 Å². The van der Waals surface area contributed by atoms with Gasteiger partial charge >= 0.3 is 5.97 Å². The molecule has 3 atom stereocenters. The molecule has 0 saturated carbocycles. The number of hydrogen-bond donors (Lipinski definition) is 4. The van der Waals surface area contributed by atoms with E-state index in [-0.39, 0.29) is 31.3 Å². The van der Waals surface area contributed by atoms with Crippen molar-refractivity contribution in [3.8, 4) is 0 Å². The monoisotopic (exact) mass is 391 g/mol. The van der Waals surface area contributed by atoms with Crippen molar-refractivity contribution in [1.29, 1.82) is 0 Å². The summed E-state index contributed by atoms with van der Waals surface area (Å²) >= 11 is 0. The van der Waals surface area contributed by atoms with Crippen molar-refractivity contribution in [1.82, 2.24) is 5.32 Å². The summed E-state index contributed by atoms with van der Waals surface area (Å²) in [5.74, 6) is -0.874. The van der Waals surface area contributed by atoms with Gasteiger partial charge in [-0.15, -0.1) is 0 Å². The molecule has 0 aromatic heterocycles. The number of rotatable bonds is 10. The van der Waals surface area contributed by atoms with Crippen LogP contribution in [0.2, 0.25) is 0 Å². The molecule has 0 fully saturated rings. The van der Waals surface area contributed by atoms with Crippen LogP contribution in [-0.4, -0.2) is 39.9 Å². The zero-order valence-corrected chi connectivity index (χ0v) is 16.2. The van der Waals surface area contributed by atoms with Crippen LogP contribution in [0.1, 0.15) is 29.7 Å². The van der Waals surface area contributed by atoms with E-state index < -0.39 is 19.4 Å². The third kappa shape index (κ3) is 7.65. The molecule has 27 heavy (non-hydrogen) atoms. The lowest BCUT2D eigenvalue weighted by molar-refractivity contribution is -0.136. The minimum absolute atomic E-state index is 0.0198. The maximum absolute atomic E-state index is 12.4. The average Bonchev–Trinajstić information content (AvgIpc) is 2.60. The maximum Gasteiger partial charge on any atom is 0.307 e. The van der Waals surface area contributed by atoms with E-state index in [1.165, 1.54) is 0 Å². The summed E-state index contributed by atoms with van der Waals surface area (Å²) in [7, 11) is -3.47. The Morgan fingerprint density at radius 1 is 1.07 bits per heavy atom. The third-order valence-corrected chi connectivity index (χ3v) is 6.11. The van der Waals surface area contributed by atoms with Gasteiger partial charge < -0.3 is 20.4 Å². The Labute approximate surface area is 159 Å². The smallest absolute Gasteiger partial charge is 0.307 e. The van der Waals surface area contributed by atoms with Crippen LogP contribution in [0, 0.1) is 0 Å². The number of carbonyl (C=O) groups is 1. The number of aliphatic carboxylic acids is 1. The van der Waals surface area contributed by atoms with Crippen LogP contribution in [-0.2, 0) is 21.9 Å². The number of hydrogen-bond acceptors (Lipinski definition) is 4. The lowest BCUT2D eigenvalue weighted by Gasteiger charge is -2.20. The Bertz CT molecular complexity index is 779. The molecule has 0 amide bonds. The molecule has 0 saturated heterocycles. The Hall–Kier alpha value is -1.98. The van der Waals surface area contributed by atoms with Gasteiger partial charge in [0.05, 0.1) is 18.7 Å². The first-order valence-corrected chi connectivity index (χ1v) is 10.8. The molecule has 2 unspecified atom stereocenters. The molecule has 0 aliphatic rings. The van der Waals surface area contributed by atoms with Crippen molar-refractivity contribution in [2.45, 2.75) is 31.7 Å². The first-order chi connectivity index (χ1) is 12.7. The number of nitrogens with one attached hydrogen (secondary N) is 1. The van der Waals surface area contributed by atoms with Gasteiger partial charge in [-0.25, -0.2) is 0 Å². The topological polar surface area (TPSA) is 107 Å². The highest BCUT2D eigenvalue weighted by molar-refractivity contribution is 7.57. The molecule has 0 radical (unpaired) electrons. The Morgan fingerprint density at radius 3 is 2.30 bits per heavy atom. The summed E-state index contributed by atoms with van der Waals surface area (Å²) in [6.45, 7) is 2.11. The van der Waals surface area contributed by atoms with E-state index in [1.807, 2.05) is 37.3 Å². The van der Waals surface area contributed by atoms with E-state index in [4.69, 9.17) is 5.11 Å². The van der Waals surface area contributed by atoms with Crippen molar-refractivity contribution in [2.75, 3.05) is 12.7 Å². The SMILES string of the molecule is CC(NC[C@H](O)CP(=O)(O)Cc1ccccc1)c1ccc(CC(=O)O)cc1. The fourth-order valence-electron chi connectivity index (χ4n) is 2.86. The molecule has 146 valence electrons. The van der Waals surface area contributed by atoms with Crippen LogP contribution < -0.4 is 5.32 Å². The number of aliphatic hydroxyl groups is 1. The summed E-state index contributed by atoms with van der Waals surface area (Å²) in [6, 6.07) is 16.2. The van der Waals surface area contributed by atoms with Gasteiger partial charge in [-0.05, 0) is 23.6 Å². The maximum atomic E-state index is 12.4. The van der Waals surface area contributed by atoms with E-state index in [0.29, 0.717) is 0 Å². The van der Waals surface area contributed by atoms with Crippen molar-refractivity contribution < 1.29 is 24.5 Å². The van der Waals surface area contributed by atoms with Crippen molar-refractivity contribution >= 4 is 13.3 Å². The molecule has 0 spiro atoms. The zero-order valence-electron chi connectivity index (χ0n) is 15.3. The summed E-state index contributed by atoms with van der Waals surface area (Å²) in [6.07, 6.45) is -1.07. The van der Waals surface area contributed by atoms with Gasteiger partial charge in [0.2, 0.25) is 7.37 Å². The van der Waals surface area contributed by atoms with Crippen LogP contribution in [0.3, 0.4) is 0 Å². The number of aliphatic hydroxyl groups excluding tert-OH is 1. The minimum Gasteiger partial charge on any atom is -0.481 e. The molecule has 0 aliphatic carbocycles. The quantitative estimate of drug-likeness (QED) is 0.464. The zero-order chi connectivity index (χ0) is 19.9. The lowest BCUT2D eigenvalue weighted by atomic mass is 10.0. The molecule has 7 heteroatoms. The summed E-state index contributed by atoms with van der Waals surface area (Å²) < 4.78 is 12.4. The van der Waals surface area contributed by atoms with Gasteiger partial charge in [0, 0.05) is 18.7 Å². The fourth-order valence-corrected chi connectivity index (χ4v) is 4.55. The Morgan fingerprint density at radius 2 is 1.70 bits per heavy atom. The van der Waals surface area contributed by atoms with Gasteiger partial charge in [0.1, 0.15) is 0 Å². The molecule has 0 aliphatic heterocycles. The Balaban J connectivity index is 1.82. The van der Waals surface area contributed by atoms with Crippen molar-refractivity contribution in [3.63, 3.8) is 0 Å². The highest BCUT2D eigenvalue weighted by atomic mass is 31.2. The van der Waals surface area contributed by atoms with Crippen LogP contribution in [0.5, 0.6) is 0 Å². The second-order valence-corrected chi connectivity index (χ2v) is 9.14. The highest BCUT2D eigenvalue weighted by Crippen LogP contribution is 2.44. The molecular formula is C20H26NO5P.